The van der Waals surface area contributed by atoms with Crippen LogP contribution >= 0.6 is 0 Å². The minimum atomic E-state index is 0.0229. The Kier molecular flexibility index (Phi) is 4.81. The van der Waals surface area contributed by atoms with Crippen molar-refractivity contribution in [1.82, 2.24) is 20.0 Å². The van der Waals surface area contributed by atoms with Crippen molar-refractivity contribution in [2.45, 2.75) is 46.1 Å². The van der Waals surface area contributed by atoms with Gasteiger partial charge in [0.15, 0.2) is 0 Å². The maximum absolute atomic E-state index is 12.0. The average molecular weight is 278 g/mol. The molecule has 1 amide bonds. The summed E-state index contributed by atoms with van der Waals surface area (Å²) in [4.78, 5) is 14.4. The van der Waals surface area contributed by atoms with E-state index >= 15 is 0 Å². The van der Waals surface area contributed by atoms with E-state index < -0.39 is 0 Å². The van der Waals surface area contributed by atoms with Gasteiger partial charge in [-0.2, -0.15) is 5.10 Å². The van der Waals surface area contributed by atoms with Crippen molar-refractivity contribution in [3.63, 3.8) is 0 Å². The van der Waals surface area contributed by atoms with Gasteiger partial charge < -0.3 is 10.2 Å². The summed E-state index contributed by atoms with van der Waals surface area (Å²) in [5.74, 6) is 0.132. The first kappa shape index (κ1) is 15.0. The van der Waals surface area contributed by atoms with E-state index in [2.05, 4.69) is 15.3 Å². The Balaban J connectivity index is 1.86. The van der Waals surface area contributed by atoms with Crippen LogP contribution in [0, 0.1) is 13.8 Å². The molecule has 112 valence electrons. The van der Waals surface area contributed by atoms with Crippen LogP contribution in [0.3, 0.4) is 0 Å². The Labute approximate surface area is 121 Å². The average Bonchev–Trinajstić information content (AvgIpc) is 2.96. The standard InChI is InChI=1S/C15H26N4O/c1-11(15-12(2)17-18(4)13(15)3)16-14(20)7-10-19-8-5-6-9-19/h11H,5-10H2,1-4H3,(H,16,20)/t11-/m0/s1. The third-order valence-electron chi connectivity index (χ3n) is 4.23. The quantitative estimate of drug-likeness (QED) is 0.892. The van der Waals surface area contributed by atoms with Crippen LogP contribution in [-0.2, 0) is 11.8 Å². The highest BCUT2D eigenvalue weighted by Gasteiger charge is 2.19. The molecule has 0 aliphatic carbocycles. The molecule has 0 radical (unpaired) electrons. The van der Waals surface area contributed by atoms with Crippen LogP contribution in [-0.4, -0.2) is 40.2 Å². The van der Waals surface area contributed by atoms with Crippen LogP contribution in [0.4, 0.5) is 0 Å². The van der Waals surface area contributed by atoms with E-state index in [1.807, 2.05) is 32.5 Å². The second-order valence-corrected chi connectivity index (χ2v) is 5.80. The number of carbonyl (C=O) groups is 1. The highest BCUT2D eigenvalue weighted by molar-refractivity contribution is 5.76. The predicted octanol–water partition coefficient (Wildman–Crippen LogP) is 1.70. The van der Waals surface area contributed by atoms with Crippen LogP contribution in [0.2, 0.25) is 0 Å². The van der Waals surface area contributed by atoms with E-state index in [4.69, 9.17) is 0 Å². The Morgan fingerprint density at radius 1 is 1.35 bits per heavy atom. The molecule has 0 unspecified atom stereocenters. The van der Waals surface area contributed by atoms with Crippen LogP contribution < -0.4 is 5.32 Å². The molecule has 1 aliphatic rings. The van der Waals surface area contributed by atoms with Gasteiger partial charge >= 0.3 is 0 Å². The molecule has 1 saturated heterocycles. The summed E-state index contributed by atoms with van der Waals surface area (Å²) in [6.45, 7) is 9.24. The van der Waals surface area contributed by atoms with Gasteiger partial charge in [0, 0.05) is 31.3 Å². The molecule has 1 fully saturated rings. The minimum absolute atomic E-state index is 0.0229. The summed E-state index contributed by atoms with van der Waals surface area (Å²) in [5.41, 5.74) is 3.26. The van der Waals surface area contributed by atoms with Gasteiger partial charge in [-0.25, -0.2) is 0 Å². The van der Waals surface area contributed by atoms with Gasteiger partial charge in [-0.3, -0.25) is 9.48 Å². The molecule has 1 aromatic heterocycles. The Morgan fingerprint density at radius 2 is 2.00 bits per heavy atom. The second-order valence-electron chi connectivity index (χ2n) is 5.80. The molecule has 1 aliphatic heterocycles. The molecule has 1 aromatic rings. The van der Waals surface area contributed by atoms with Gasteiger partial charge in [0.1, 0.15) is 0 Å². The highest BCUT2D eigenvalue weighted by Crippen LogP contribution is 2.20. The fraction of sp³-hybridized carbons (Fsp3) is 0.733. The van der Waals surface area contributed by atoms with E-state index in [1.165, 1.54) is 12.8 Å². The molecular weight excluding hydrogens is 252 g/mol. The molecule has 1 atom stereocenters. The van der Waals surface area contributed by atoms with E-state index in [0.717, 1.165) is 36.6 Å². The summed E-state index contributed by atoms with van der Waals surface area (Å²) in [7, 11) is 1.94. The lowest BCUT2D eigenvalue weighted by Gasteiger charge is -2.17. The fourth-order valence-electron chi connectivity index (χ4n) is 3.07. The zero-order chi connectivity index (χ0) is 14.7. The van der Waals surface area contributed by atoms with Crippen molar-refractivity contribution in [3.05, 3.63) is 17.0 Å². The first-order chi connectivity index (χ1) is 9.49. The summed E-state index contributed by atoms with van der Waals surface area (Å²) in [6, 6.07) is 0.0229. The van der Waals surface area contributed by atoms with Crippen molar-refractivity contribution in [2.24, 2.45) is 7.05 Å². The molecule has 5 heteroatoms. The van der Waals surface area contributed by atoms with Gasteiger partial charge in [-0.05, 0) is 46.7 Å². The smallest absolute Gasteiger partial charge is 0.221 e. The largest absolute Gasteiger partial charge is 0.349 e. The topological polar surface area (TPSA) is 50.2 Å². The Hall–Kier alpha value is -1.36. The number of nitrogens with zero attached hydrogens (tertiary/aromatic N) is 3. The molecule has 20 heavy (non-hydrogen) atoms. The lowest BCUT2D eigenvalue weighted by molar-refractivity contribution is -0.122. The van der Waals surface area contributed by atoms with Gasteiger partial charge in [0.25, 0.3) is 0 Å². The molecule has 0 saturated carbocycles. The molecule has 0 bridgehead atoms. The predicted molar refractivity (Wildman–Crippen MR) is 79.5 cm³/mol. The number of aryl methyl sites for hydroxylation is 2. The monoisotopic (exact) mass is 278 g/mol. The summed E-state index contributed by atoms with van der Waals surface area (Å²) >= 11 is 0. The summed E-state index contributed by atoms with van der Waals surface area (Å²) in [5, 5.41) is 7.50. The van der Waals surface area contributed by atoms with Crippen LogP contribution in [0.25, 0.3) is 0 Å². The molecule has 2 rings (SSSR count). The van der Waals surface area contributed by atoms with Gasteiger partial charge in [0.05, 0.1) is 11.7 Å². The summed E-state index contributed by atoms with van der Waals surface area (Å²) in [6.07, 6.45) is 3.13. The fourth-order valence-corrected chi connectivity index (χ4v) is 3.07. The number of rotatable bonds is 5. The molecule has 1 N–H and O–H groups in total. The number of likely N-dealkylation sites (tertiary alicyclic amines) is 1. The van der Waals surface area contributed by atoms with Gasteiger partial charge in [-0.1, -0.05) is 0 Å². The second kappa shape index (κ2) is 6.39. The normalized spacial score (nSPS) is 17.4. The summed E-state index contributed by atoms with van der Waals surface area (Å²) < 4.78 is 1.87. The Morgan fingerprint density at radius 3 is 2.55 bits per heavy atom. The molecule has 5 nitrogen and oxygen atoms in total. The van der Waals surface area contributed by atoms with E-state index in [1.54, 1.807) is 0 Å². The third-order valence-corrected chi connectivity index (χ3v) is 4.23. The lowest BCUT2D eigenvalue weighted by atomic mass is 10.1. The van der Waals surface area contributed by atoms with Crippen LogP contribution in [0.1, 0.15) is 49.2 Å². The first-order valence-electron chi connectivity index (χ1n) is 7.51. The van der Waals surface area contributed by atoms with Crippen molar-refractivity contribution in [3.8, 4) is 0 Å². The van der Waals surface area contributed by atoms with Crippen molar-refractivity contribution in [2.75, 3.05) is 19.6 Å². The SMILES string of the molecule is Cc1nn(C)c(C)c1[C@H](C)NC(=O)CCN1CCCC1. The van der Waals surface area contributed by atoms with Crippen LogP contribution in [0.15, 0.2) is 0 Å². The number of aromatic nitrogens is 2. The van der Waals surface area contributed by atoms with Gasteiger partial charge in [-0.15, -0.1) is 0 Å². The highest BCUT2D eigenvalue weighted by atomic mass is 16.1. The number of amides is 1. The minimum Gasteiger partial charge on any atom is -0.349 e. The zero-order valence-corrected chi connectivity index (χ0v) is 13.1. The molecule has 2 heterocycles. The van der Waals surface area contributed by atoms with Crippen molar-refractivity contribution >= 4 is 5.91 Å². The zero-order valence-electron chi connectivity index (χ0n) is 13.1. The Bertz CT molecular complexity index is 474. The maximum atomic E-state index is 12.0. The maximum Gasteiger partial charge on any atom is 0.221 e. The van der Waals surface area contributed by atoms with Crippen molar-refractivity contribution in [1.29, 1.82) is 0 Å². The first-order valence-corrected chi connectivity index (χ1v) is 7.51. The van der Waals surface area contributed by atoms with Gasteiger partial charge in [0.2, 0.25) is 5.91 Å². The number of hydrogen-bond donors (Lipinski definition) is 1. The lowest BCUT2D eigenvalue weighted by Crippen LogP contribution is -2.31. The van der Waals surface area contributed by atoms with Crippen LogP contribution in [0.5, 0.6) is 0 Å². The number of nitrogens with one attached hydrogen (secondary N) is 1. The molecular formula is C15H26N4O. The van der Waals surface area contributed by atoms with E-state index in [0.29, 0.717) is 6.42 Å². The van der Waals surface area contributed by atoms with E-state index in [-0.39, 0.29) is 11.9 Å². The molecule has 0 spiro atoms. The molecule has 0 aromatic carbocycles. The number of hydrogen-bond acceptors (Lipinski definition) is 3. The van der Waals surface area contributed by atoms with E-state index in [9.17, 15) is 4.79 Å². The van der Waals surface area contributed by atoms with Crippen molar-refractivity contribution < 1.29 is 4.79 Å². The third kappa shape index (κ3) is 3.39. The number of carbonyl (C=O) groups excluding carboxylic acids is 1.